The van der Waals surface area contributed by atoms with Crippen LogP contribution in [-0.4, -0.2) is 53.8 Å². The second-order valence-electron chi connectivity index (χ2n) is 7.23. The van der Waals surface area contributed by atoms with Crippen molar-refractivity contribution < 1.29 is 17.9 Å². The van der Waals surface area contributed by atoms with Gasteiger partial charge < -0.3 is 15.4 Å². The van der Waals surface area contributed by atoms with Crippen molar-refractivity contribution in [3.05, 3.63) is 42.1 Å². The first-order valence-corrected chi connectivity index (χ1v) is 11.3. The Morgan fingerprint density at radius 2 is 2.03 bits per heavy atom. The number of carbonyl (C=O) groups excluding carboxylic acids is 1. The zero-order valence-electron chi connectivity index (χ0n) is 16.5. The lowest BCUT2D eigenvalue weighted by Gasteiger charge is -2.24. The van der Waals surface area contributed by atoms with Crippen LogP contribution in [0.25, 0.3) is 11.0 Å². The van der Waals surface area contributed by atoms with Crippen molar-refractivity contribution in [2.24, 2.45) is 0 Å². The summed E-state index contributed by atoms with van der Waals surface area (Å²) in [5.74, 6) is 0.585. The number of nitrogen functional groups attached to an aromatic ring is 1. The summed E-state index contributed by atoms with van der Waals surface area (Å²) >= 11 is 0. The summed E-state index contributed by atoms with van der Waals surface area (Å²) in [5, 5.41) is 7.52. The number of H-pyrrole nitrogens is 1. The highest BCUT2D eigenvalue weighted by molar-refractivity contribution is 7.91. The molecule has 1 aliphatic rings. The van der Waals surface area contributed by atoms with Gasteiger partial charge in [0.1, 0.15) is 11.6 Å². The van der Waals surface area contributed by atoms with Crippen LogP contribution in [0.5, 0.6) is 5.75 Å². The van der Waals surface area contributed by atoms with E-state index in [1.54, 1.807) is 17.0 Å². The van der Waals surface area contributed by atoms with E-state index in [1.807, 2.05) is 12.1 Å². The third-order valence-corrected chi connectivity index (χ3v) is 7.12. The van der Waals surface area contributed by atoms with Crippen molar-refractivity contribution >= 4 is 32.6 Å². The third-order valence-electron chi connectivity index (χ3n) is 5.39. The lowest BCUT2D eigenvalue weighted by molar-refractivity contribution is -0.131. The number of aromatic nitrogens is 3. The summed E-state index contributed by atoms with van der Waals surface area (Å²) in [7, 11) is -2.05. The maximum absolute atomic E-state index is 12.8. The number of nitrogens with zero attached hydrogens (tertiary/aromatic N) is 3. The van der Waals surface area contributed by atoms with Crippen molar-refractivity contribution in [3.63, 3.8) is 0 Å². The summed E-state index contributed by atoms with van der Waals surface area (Å²) in [5.41, 5.74) is 7.05. The molecule has 0 spiro atoms. The van der Waals surface area contributed by atoms with Crippen LogP contribution >= 0.6 is 0 Å². The maximum atomic E-state index is 12.8. The number of sulfone groups is 1. The summed E-state index contributed by atoms with van der Waals surface area (Å²) < 4.78 is 30.3. The number of rotatable bonds is 6. The number of hydrogen-bond donors (Lipinski definition) is 2. The number of amides is 1. The number of nitrogens with two attached hydrogens (primary N) is 1. The molecule has 30 heavy (non-hydrogen) atoms. The summed E-state index contributed by atoms with van der Waals surface area (Å²) in [6, 6.07) is 9.66. The molecule has 158 valence electrons. The van der Waals surface area contributed by atoms with Gasteiger partial charge >= 0.3 is 0 Å². The summed E-state index contributed by atoms with van der Waals surface area (Å²) in [6.07, 6.45) is 1.53. The van der Waals surface area contributed by atoms with Gasteiger partial charge in [-0.05, 0) is 49.2 Å². The molecule has 2 aromatic heterocycles. The molecule has 0 bridgehead atoms. The van der Waals surface area contributed by atoms with Gasteiger partial charge in [0.15, 0.2) is 15.5 Å². The number of anilines is 1. The zero-order valence-corrected chi connectivity index (χ0v) is 17.4. The molecule has 3 heterocycles. The van der Waals surface area contributed by atoms with Gasteiger partial charge in [0.2, 0.25) is 5.91 Å². The number of nitrogens with one attached hydrogen (secondary N) is 1. The number of hydrogen-bond acceptors (Lipinski definition) is 7. The lowest BCUT2D eigenvalue weighted by atomic mass is 10.1. The minimum Gasteiger partial charge on any atom is -0.497 e. The number of fused-ring (bicyclic) bond motifs is 1. The Kier molecular flexibility index (Phi) is 5.33. The molecule has 1 aliphatic heterocycles. The molecule has 9 nitrogen and oxygen atoms in total. The van der Waals surface area contributed by atoms with Gasteiger partial charge in [0.05, 0.1) is 34.9 Å². The van der Waals surface area contributed by atoms with Crippen LogP contribution in [-0.2, 0) is 14.6 Å². The second kappa shape index (κ2) is 7.94. The van der Waals surface area contributed by atoms with Crippen molar-refractivity contribution in [3.8, 4) is 5.75 Å². The van der Waals surface area contributed by atoms with Crippen LogP contribution in [0, 0.1) is 0 Å². The quantitative estimate of drug-likeness (QED) is 0.613. The molecule has 1 aromatic carbocycles. The van der Waals surface area contributed by atoms with Gasteiger partial charge in [-0.15, -0.1) is 0 Å². The molecule has 0 saturated carbocycles. The van der Waals surface area contributed by atoms with Crippen LogP contribution in [0.15, 0.2) is 41.3 Å². The maximum Gasteiger partial charge on any atom is 0.224 e. The Morgan fingerprint density at radius 3 is 2.77 bits per heavy atom. The number of pyridine rings is 1. The van der Waals surface area contributed by atoms with Gasteiger partial charge in [0, 0.05) is 13.0 Å². The first kappa shape index (κ1) is 20.1. The Morgan fingerprint density at radius 1 is 1.27 bits per heavy atom. The van der Waals surface area contributed by atoms with E-state index >= 15 is 0 Å². The van der Waals surface area contributed by atoms with E-state index in [4.69, 9.17) is 10.5 Å². The first-order valence-electron chi connectivity index (χ1n) is 9.66. The standard InChI is InChI=1S/C20H23N5O4S/c1-29-13-4-6-14(7-5-13)30(27,28)12-10-18(26)25-11-2-3-17(25)16-9-8-15-19(21)23-24-20(15)22-16/h4-9,17H,2-3,10-12H2,1H3,(H3,21,22,23,24)/t17-/m1/s1. The van der Waals surface area contributed by atoms with Gasteiger partial charge in [-0.2, -0.15) is 5.10 Å². The molecule has 1 atom stereocenters. The molecular weight excluding hydrogens is 406 g/mol. The van der Waals surface area contributed by atoms with E-state index in [0.717, 1.165) is 23.9 Å². The fourth-order valence-corrected chi connectivity index (χ4v) is 4.99. The Balaban J connectivity index is 1.46. The SMILES string of the molecule is COc1ccc(S(=O)(=O)CCC(=O)N2CCC[C@@H]2c2ccc3c(N)[nH]nc3n2)cc1. The number of benzene rings is 1. The highest BCUT2D eigenvalue weighted by Crippen LogP contribution is 2.32. The fraction of sp³-hybridized carbons (Fsp3) is 0.350. The molecule has 0 radical (unpaired) electrons. The van der Waals surface area contributed by atoms with E-state index in [0.29, 0.717) is 23.8 Å². The number of ether oxygens (including phenoxy) is 1. The van der Waals surface area contributed by atoms with Crippen molar-refractivity contribution in [1.29, 1.82) is 0 Å². The number of carbonyl (C=O) groups is 1. The zero-order chi connectivity index (χ0) is 21.3. The van der Waals surface area contributed by atoms with Gasteiger partial charge in [-0.25, -0.2) is 13.4 Å². The van der Waals surface area contributed by atoms with E-state index in [2.05, 4.69) is 15.2 Å². The van der Waals surface area contributed by atoms with Crippen LogP contribution in [0.3, 0.4) is 0 Å². The molecule has 10 heteroatoms. The van der Waals surface area contributed by atoms with Crippen LogP contribution < -0.4 is 10.5 Å². The molecule has 0 unspecified atom stereocenters. The minimum absolute atomic E-state index is 0.0809. The third kappa shape index (κ3) is 3.82. The Hall–Kier alpha value is -3.14. The fourth-order valence-electron chi connectivity index (χ4n) is 3.76. The van der Waals surface area contributed by atoms with Crippen molar-refractivity contribution in [2.75, 3.05) is 25.1 Å². The summed E-state index contributed by atoms with van der Waals surface area (Å²) in [6.45, 7) is 0.578. The summed E-state index contributed by atoms with van der Waals surface area (Å²) in [4.78, 5) is 19.3. The van der Waals surface area contributed by atoms with E-state index in [-0.39, 0.29) is 29.0 Å². The van der Waals surface area contributed by atoms with E-state index in [9.17, 15) is 13.2 Å². The molecule has 1 fully saturated rings. The average Bonchev–Trinajstić information content (AvgIpc) is 3.39. The van der Waals surface area contributed by atoms with Crippen molar-refractivity contribution in [2.45, 2.75) is 30.2 Å². The molecule has 4 rings (SSSR count). The average molecular weight is 430 g/mol. The lowest BCUT2D eigenvalue weighted by Crippen LogP contribution is -2.32. The smallest absolute Gasteiger partial charge is 0.224 e. The van der Waals surface area contributed by atoms with Gasteiger partial charge in [-0.1, -0.05) is 0 Å². The molecule has 1 amide bonds. The topological polar surface area (TPSA) is 131 Å². The molecular formula is C20H23N5O4S. The van der Waals surface area contributed by atoms with Crippen LogP contribution in [0.2, 0.25) is 0 Å². The molecule has 3 aromatic rings. The monoisotopic (exact) mass is 429 g/mol. The number of likely N-dealkylation sites (tertiary alicyclic amines) is 1. The molecule has 0 aliphatic carbocycles. The van der Waals surface area contributed by atoms with Crippen LogP contribution in [0.4, 0.5) is 5.82 Å². The van der Waals surface area contributed by atoms with Gasteiger partial charge in [0.25, 0.3) is 0 Å². The van der Waals surface area contributed by atoms with E-state index < -0.39 is 9.84 Å². The van der Waals surface area contributed by atoms with E-state index in [1.165, 1.54) is 19.2 Å². The van der Waals surface area contributed by atoms with Crippen LogP contribution in [0.1, 0.15) is 31.0 Å². The largest absolute Gasteiger partial charge is 0.497 e. The highest BCUT2D eigenvalue weighted by atomic mass is 32.2. The predicted octanol–water partition coefficient (Wildman–Crippen LogP) is 2.08. The predicted molar refractivity (Wildman–Crippen MR) is 112 cm³/mol. The minimum atomic E-state index is -3.56. The highest BCUT2D eigenvalue weighted by Gasteiger charge is 2.32. The number of aromatic amines is 1. The Labute approximate surface area is 174 Å². The molecule has 1 saturated heterocycles. The normalized spacial score (nSPS) is 16.8. The molecule has 3 N–H and O–H groups in total. The number of methoxy groups -OCH3 is 1. The second-order valence-corrected chi connectivity index (χ2v) is 9.34. The van der Waals surface area contributed by atoms with Crippen molar-refractivity contribution in [1.82, 2.24) is 20.1 Å². The first-order chi connectivity index (χ1) is 14.4. The van der Waals surface area contributed by atoms with Gasteiger partial charge in [-0.3, -0.25) is 9.89 Å². The Bertz CT molecular complexity index is 1170.